The Kier molecular flexibility index (Phi) is 6.83. The lowest BCUT2D eigenvalue weighted by atomic mass is 9.86. The van der Waals surface area contributed by atoms with Crippen molar-refractivity contribution in [1.29, 1.82) is 0 Å². The van der Waals surface area contributed by atoms with Crippen molar-refractivity contribution in [3.63, 3.8) is 0 Å². The number of rotatable bonds is 7. The van der Waals surface area contributed by atoms with Crippen molar-refractivity contribution >= 4 is 21.6 Å². The van der Waals surface area contributed by atoms with Gasteiger partial charge in [-0.1, -0.05) is 27.7 Å². The number of thioether (sulfide) groups is 1. The minimum Gasteiger partial charge on any atom is -0.314 e. The van der Waals surface area contributed by atoms with Crippen molar-refractivity contribution < 1.29 is 8.42 Å². The van der Waals surface area contributed by atoms with E-state index in [9.17, 15) is 8.42 Å². The third kappa shape index (κ3) is 5.54. The maximum Gasteiger partial charge on any atom is 0.164 e. The highest BCUT2D eigenvalue weighted by Crippen LogP contribution is 2.27. The molecule has 1 rings (SSSR count). The van der Waals surface area contributed by atoms with Gasteiger partial charge in [-0.15, -0.1) is 0 Å². The molecule has 1 N–H and O–H groups in total. The molecule has 120 valence electrons. The Bertz CT molecular complexity index is 398. The predicted molar refractivity (Wildman–Crippen MR) is 89.1 cm³/mol. The van der Waals surface area contributed by atoms with Gasteiger partial charge in [0.2, 0.25) is 0 Å². The van der Waals surface area contributed by atoms with Gasteiger partial charge in [0.05, 0.1) is 0 Å². The first-order chi connectivity index (χ1) is 9.18. The largest absolute Gasteiger partial charge is 0.314 e. The minimum atomic E-state index is -3.00. The zero-order valence-corrected chi connectivity index (χ0v) is 15.1. The fourth-order valence-corrected chi connectivity index (χ4v) is 5.37. The molecule has 1 aliphatic rings. The van der Waals surface area contributed by atoms with Crippen molar-refractivity contribution in [2.75, 3.05) is 37.4 Å². The molecule has 0 bridgehead atoms. The highest BCUT2D eigenvalue weighted by Gasteiger charge is 2.35. The molecule has 0 saturated carbocycles. The van der Waals surface area contributed by atoms with Gasteiger partial charge in [-0.25, -0.2) is 8.42 Å². The molecule has 0 aliphatic carbocycles. The molecule has 0 aromatic carbocycles. The second kappa shape index (κ2) is 7.47. The van der Waals surface area contributed by atoms with Crippen molar-refractivity contribution in [3.8, 4) is 0 Å². The molecule has 0 radical (unpaired) electrons. The van der Waals surface area contributed by atoms with Crippen LogP contribution in [0.4, 0.5) is 0 Å². The van der Waals surface area contributed by atoms with Crippen LogP contribution in [0.1, 0.15) is 34.1 Å². The average Bonchev–Trinajstić information content (AvgIpc) is 2.36. The minimum absolute atomic E-state index is 0.120. The number of hydrogen-bond donors (Lipinski definition) is 1. The second-order valence-corrected chi connectivity index (χ2v) is 9.88. The predicted octanol–water partition coefficient (Wildman–Crippen LogP) is 1.82. The fourth-order valence-electron chi connectivity index (χ4n) is 2.42. The van der Waals surface area contributed by atoms with Gasteiger partial charge in [0.1, 0.15) is 5.37 Å². The maximum absolute atomic E-state index is 12.0. The van der Waals surface area contributed by atoms with E-state index in [1.165, 1.54) is 6.26 Å². The molecular formula is C14H30N2O2S2. The van der Waals surface area contributed by atoms with Crippen LogP contribution in [0.5, 0.6) is 0 Å². The van der Waals surface area contributed by atoms with Crippen LogP contribution in [-0.2, 0) is 9.84 Å². The van der Waals surface area contributed by atoms with Crippen molar-refractivity contribution in [1.82, 2.24) is 10.2 Å². The summed E-state index contributed by atoms with van der Waals surface area (Å²) >= 11 is 1.75. The van der Waals surface area contributed by atoms with Gasteiger partial charge in [-0.3, -0.25) is 4.90 Å². The highest BCUT2D eigenvalue weighted by atomic mass is 32.2. The number of sulfone groups is 1. The third-order valence-corrected chi connectivity index (χ3v) is 6.75. The highest BCUT2D eigenvalue weighted by molar-refractivity contribution is 8.00. The van der Waals surface area contributed by atoms with Crippen molar-refractivity contribution in [3.05, 3.63) is 0 Å². The molecule has 0 aromatic rings. The summed E-state index contributed by atoms with van der Waals surface area (Å²) in [5.41, 5.74) is 0.120. The topological polar surface area (TPSA) is 49.4 Å². The molecule has 2 unspecified atom stereocenters. The molecule has 1 fully saturated rings. The van der Waals surface area contributed by atoms with E-state index in [0.717, 1.165) is 31.8 Å². The van der Waals surface area contributed by atoms with E-state index in [4.69, 9.17) is 0 Å². The number of nitrogens with zero attached hydrogens (tertiary/aromatic N) is 1. The van der Waals surface area contributed by atoms with Crippen LogP contribution in [0.2, 0.25) is 0 Å². The lowest BCUT2D eigenvalue weighted by molar-refractivity contribution is 0.150. The Labute approximate surface area is 129 Å². The smallest absolute Gasteiger partial charge is 0.164 e. The lowest BCUT2D eigenvalue weighted by Gasteiger charge is -2.41. The van der Waals surface area contributed by atoms with Gasteiger partial charge in [-0.05, 0) is 11.8 Å². The van der Waals surface area contributed by atoms with Crippen molar-refractivity contribution in [2.45, 2.75) is 45.5 Å². The summed E-state index contributed by atoms with van der Waals surface area (Å²) in [5, 5.41) is 3.19. The Morgan fingerprint density at radius 1 is 1.45 bits per heavy atom. The Hall–Kier alpha value is 0.220. The first-order valence-electron chi connectivity index (χ1n) is 7.42. The molecule has 4 nitrogen and oxygen atoms in total. The Morgan fingerprint density at radius 2 is 2.10 bits per heavy atom. The van der Waals surface area contributed by atoms with Gasteiger partial charge in [0.15, 0.2) is 9.84 Å². The van der Waals surface area contributed by atoms with E-state index >= 15 is 0 Å². The molecule has 0 spiro atoms. The quantitative estimate of drug-likeness (QED) is 0.775. The van der Waals surface area contributed by atoms with Gasteiger partial charge >= 0.3 is 0 Å². The summed E-state index contributed by atoms with van der Waals surface area (Å²) in [7, 11) is -3.00. The molecule has 1 heterocycles. The van der Waals surface area contributed by atoms with Crippen LogP contribution in [0.3, 0.4) is 0 Å². The van der Waals surface area contributed by atoms with E-state index in [2.05, 4.69) is 37.9 Å². The van der Waals surface area contributed by atoms with Crippen LogP contribution < -0.4 is 5.32 Å². The van der Waals surface area contributed by atoms with E-state index < -0.39 is 9.84 Å². The summed E-state index contributed by atoms with van der Waals surface area (Å²) in [6, 6.07) is 0.462. The van der Waals surface area contributed by atoms with E-state index in [1.54, 1.807) is 11.8 Å². The van der Waals surface area contributed by atoms with Crippen LogP contribution in [-0.4, -0.2) is 62.1 Å². The van der Waals surface area contributed by atoms with Crippen LogP contribution >= 0.6 is 11.8 Å². The second-order valence-electron chi connectivity index (χ2n) is 6.53. The summed E-state index contributed by atoms with van der Waals surface area (Å²) in [6.45, 7) is 11.4. The van der Waals surface area contributed by atoms with Gasteiger partial charge < -0.3 is 5.32 Å². The van der Waals surface area contributed by atoms with Crippen molar-refractivity contribution in [2.24, 2.45) is 5.41 Å². The SMILES string of the molecule is CCC(C)(CNC(C)C)CN1CCSCC1S(C)(=O)=O. The van der Waals surface area contributed by atoms with Crippen LogP contribution in [0, 0.1) is 5.41 Å². The Morgan fingerprint density at radius 3 is 2.60 bits per heavy atom. The van der Waals surface area contributed by atoms with E-state index in [0.29, 0.717) is 11.8 Å². The zero-order valence-electron chi connectivity index (χ0n) is 13.5. The molecule has 2 atom stereocenters. The fraction of sp³-hybridized carbons (Fsp3) is 1.00. The maximum atomic E-state index is 12.0. The summed E-state index contributed by atoms with van der Waals surface area (Å²) in [5.74, 6) is 1.74. The first-order valence-corrected chi connectivity index (χ1v) is 10.5. The number of hydrogen-bond acceptors (Lipinski definition) is 5. The number of nitrogens with one attached hydrogen (secondary N) is 1. The van der Waals surface area contributed by atoms with Crippen LogP contribution in [0.15, 0.2) is 0 Å². The van der Waals surface area contributed by atoms with Gasteiger partial charge in [0.25, 0.3) is 0 Å². The average molecular weight is 323 g/mol. The van der Waals surface area contributed by atoms with Crippen LogP contribution in [0.25, 0.3) is 0 Å². The molecule has 0 amide bonds. The molecule has 20 heavy (non-hydrogen) atoms. The van der Waals surface area contributed by atoms with Gasteiger partial charge in [0, 0.05) is 43.4 Å². The Balaban J connectivity index is 2.75. The van der Waals surface area contributed by atoms with E-state index in [1.807, 2.05) is 0 Å². The summed E-state index contributed by atoms with van der Waals surface area (Å²) in [4.78, 5) is 2.18. The summed E-state index contributed by atoms with van der Waals surface area (Å²) < 4.78 is 23.9. The van der Waals surface area contributed by atoms with Gasteiger partial charge in [-0.2, -0.15) is 11.8 Å². The third-order valence-electron chi connectivity index (χ3n) is 4.06. The lowest BCUT2D eigenvalue weighted by Crippen LogP contribution is -2.52. The standard InChI is InChI=1S/C14H30N2O2S2/c1-6-14(4,10-15-12(2)3)11-16-7-8-19-9-13(16)20(5,17)18/h12-13,15H,6-11H2,1-5H3. The molecule has 0 aromatic heterocycles. The molecule has 6 heteroatoms. The molecule has 1 aliphatic heterocycles. The van der Waals surface area contributed by atoms with E-state index in [-0.39, 0.29) is 10.8 Å². The zero-order chi connectivity index (χ0) is 15.4. The molecule has 1 saturated heterocycles. The summed E-state index contributed by atoms with van der Waals surface area (Å²) in [6.07, 6.45) is 2.42. The first kappa shape index (κ1) is 18.3. The normalized spacial score (nSPS) is 24.8. The molecular weight excluding hydrogens is 292 g/mol. The monoisotopic (exact) mass is 322 g/mol.